The fourth-order valence-electron chi connectivity index (χ4n) is 3.76. The number of carbonyl (C=O) groups is 1. The second kappa shape index (κ2) is 9.11. The average molecular weight is 423 g/mol. The van der Waals surface area contributed by atoms with E-state index < -0.39 is 5.97 Å². The van der Waals surface area contributed by atoms with Crippen LogP contribution in [0.4, 0.5) is 5.95 Å². The van der Waals surface area contributed by atoms with Crippen LogP contribution in [0.25, 0.3) is 11.5 Å². The van der Waals surface area contributed by atoms with E-state index in [4.69, 9.17) is 14.4 Å². The van der Waals surface area contributed by atoms with Crippen LogP contribution in [-0.2, 0) is 11.3 Å². The Labute approximate surface area is 179 Å². The number of carboxylic acids is 1. The van der Waals surface area contributed by atoms with Gasteiger partial charge in [-0.3, -0.25) is 4.79 Å². The molecular weight excluding hydrogens is 398 g/mol. The van der Waals surface area contributed by atoms with E-state index in [2.05, 4.69) is 25.4 Å². The van der Waals surface area contributed by atoms with Crippen molar-refractivity contribution >= 4 is 11.9 Å². The van der Waals surface area contributed by atoms with Crippen molar-refractivity contribution in [1.29, 1.82) is 0 Å². The first-order valence-corrected chi connectivity index (χ1v) is 10.3. The number of carboxylic acid groups (broad SMARTS) is 1. The second-order valence-electron chi connectivity index (χ2n) is 7.86. The van der Waals surface area contributed by atoms with E-state index >= 15 is 0 Å². The number of hydrogen-bond acceptors (Lipinski definition) is 8. The Balaban J connectivity index is 1.38. The minimum Gasteiger partial charge on any atom is -0.492 e. The zero-order valence-corrected chi connectivity index (χ0v) is 17.5. The van der Waals surface area contributed by atoms with Crippen molar-refractivity contribution in [3.8, 4) is 17.2 Å². The number of aryl methyl sites for hydroxylation is 2. The predicted molar refractivity (Wildman–Crippen MR) is 113 cm³/mol. The molecular formula is C22H25N5O4. The van der Waals surface area contributed by atoms with Gasteiger partial charge in [0.2, 0.25) is 5.95 Å². The van der Waals surface area contributed by atoms with E-state index in [1.807, 2.05) is 32.0 Å². The number of rotatable bonds is 8. The summed E-state index contributed by atoms with van der Waals surface area (Å²) in [4.78, 5) is 24.1. The Morgan fingerprint density at radius 3 is 2.84 bits per heavy atom. The molecule has 9 heteroatoms. The number of aromatic nitrogens is 4. The molecule has 1 fully saturated rings. The summed E-state index contributed by atoms with van der Waals surface area (Å²) in [5.41, 5.74) is 3.19. The number of nitrogens with zero attached hydrogens (tertiary/aromatic N) is 4. The normalized spacial score (nSPS) is 18.1. The lowest BCUT2D eigenvalue weighted by molar-refractivity contribution is -0.141. The van der Waals surface area contributed by atoms with Gasteiger partial charge in [-0.05, 0) is 57.2 Å². The second-order valence-corrected chi connectivity index (χ2v) is 7.86. The molecule has 4 rings (SSSR count). The van der Waals surface area contributed by atoms with Crippen LogP contribution in [0.5, 0.6) is 5.75 Å². The summed E-state index contributed by atoms with van der Waals surface area (Å²) in [5, 5.41) is 16.4. The van der Waals surface area contributed by atoms with E-state index in [0.717, 1.165) is 29.8 Å². The maximum Gasteiger partial charge on any atom is 0.306 e. The van der Waals surface area contributed by atoms with Crippen LogP contribution >= 0.6 is 0 Å². The van der Waals surface area contributed by atoms with Crippen LogP contribution in [0.1, 0.15) is 36.2 Å². The van der Waals surface area contributed by atoms with E-state index in [9.17, 15) is 4.79 Å². The van der Waals surface area contributed by atoms with Crippen molar-refractivity contribution in [2.24, 2.45) is 11.8 Å². The summed E-state index contributed by atoms with van der Waals surface area (Å²) >= 11 is 0. The highest BCUT2D eigenvalue weighted by Crippen LogP contribution is 2.32. The number of pyridine rings is 1. The Hall–Kier alpha value is -3.49. The molecule has 3 aromatic rings. The summed E-state index contributed by atoms with van der Waals surface area (Å²) < 4.78 is 11.3. The molecule has 0 aliphatic heterocycles. The first kappa shape index (κ1) is 20.8. The summed E-state index contributed by atoms with van der Waals surface area (Å²) in [6.45, 7) is 4.75. The SMILES string of the molecule is Cc1ccnc(NCc2c(C)noc2-c2ccc(OCC3CCC(C(=O)O)C3)cn2)n1. The topological polar surface area (TPSA) is 123 Å². The monoisotopic (exact) mass is 423 g/mol. The van der Waals surface area contributed by atoms with Crippen LogP contribution in [0.15, 0.2) is 35.1 Å². The van der Waals surface area contributed by atoms with E-state index in [1.165, 1.54) is 0 Å². The molecule has 3 aromatic heterocycles. The number of hydrogen-bond donors (Lipinski definition) is 2. The van der Waals surface area contributed by atoms with Gasteiger partial charge in [0.25, 0.3) is 0 Å². The van der Waals surface area contributed by atoms with Crippen molar-refractivity contribution in [1.82, 2.24) is 20.1 Å². The van der Waals surface area contributed by atoms with Gasteiger partial charge in [0.05, 0.1) is 24.4 Å². The van der Waals surface area contributed by atoms with Gasteiger partial charge in [-0.25, -0.2) is 15.0 Å². The molecule has 2 atom stereocenters. The van der Waals surface area contributed by atoms with E-state index in [-0.39, 0.29) is 11.8 Å². The summed E-state index contributed by atoms with van der Waals surface area (Å²) in [5.74, 6) is 1.08. The van der Waals surface area contributed by atoms with Gasteiger partial charge >= 0.3 is 5.97 Å². The molecule has 2 unspecified atom stereocenters. The van der Waals surface area contributed by atoms with Crippen LogP contribution in [-0.4, -0.2) is 37.8 Å². The van der Waals surface area contributed by atoms with E-state index in [0.29, 0.717) is 42.7 Å². The predicted octanol–water partition coefficient (Wildman–Crippen LogP) is 3.64. The molecule has 31 heavy (non-hydrogen) atoms. The van der Waals surface area contributed by atoms with Crippen molar-refractivity contribution < 1.29 is 19.2 Å². The minimum absolute atomic E-state index is 0.249. The van der Waals surface area contributed by atoms with Gasteiger partial charge in [-0.1, -0.05) is 5.16 Å². The average Bonchev–Trinajstić information content (AvgIpc) is 3.38. The molecule has 0 radical (unpaired) electrons. The quantitative estimate of drug-likeness (QED) is 0.559. The number of aliphatic carboxylic acids is 1. The van der Waals surface area contributed by atoms with Gasteiger partial charge in [0, 0.05) is 24.0 Å². The zero-order valence-electron chi connectivity index (χ0n) is 17.5. The molecule has 162 valence electrons. The van der Waals surface area contributed by atoms with Gasteiger partial charge in [-0.15, -0.1) is 0 Å². The molecule has 0 aromatic carbocycles. The van der Waals surface area contributed by atoms with Gasteiger partial charge in [0.1, 0.15) is 11.4 Å². The third-order valence-electron chi connectivity index (χ3n) is 5.55. The maximum absolute atomic E-state index is 11.1. The number of ether oxygens (including phenoxy) is 1. The number of anilines is 1. The van der Waals surface area contributed by atoms with Crippen LogP contribution in [0.3, 0.4) is 0 Å². The lowest BCUT2D eigenvalue weighted by Crippen LogP contribution is -2.13. The standard InChI is InChI=1S/C22H25N5O4/c1-13-7-8-23-22(26-13)25-11-18-14(2)27-31-20(18)19-6-5-17(10-24-19)30-12-15-3-4-16(9-15)21(28)29/h5-8,10,15-16H,3-4,9,11-12H2,1-2H3,(H,28,29)(H,23,25,26). The van der Waals surface area contributed by atoms with Gasteiger partial charge in [-0.2, -0.15) is 0 Å². The zero-order chi connectivity index (χ0) is 21.8. The van der Waals surface area contributed by atoms with Gasteiger partial charge in [0.15, 0.2) is 5.76 Å². The fraction of sp³-hybridized carbons (Fsp3) is 0.409. The molecule has 0 spiro atoms. The Kier molecular flexibility index (Phi) is 6.11. The first-order valence-electron chi connectivity index (χ1n) is 10.3. The minimum atomic E-state index is -0.713. The van der Waals surface area contributed by atoms with Crippen molar-refractivity contribution in [3.05, 3.63) is 47.5 Å². The molecule has 2 N–H and O–H groups in total. The molecule has 0 saturated heterocycles. The van der Waals surface area contributed by atoms with Crippen LogP contribution < -0.4 is 10.1 Å². The van der Waals surface area contributed by atoms with E-state index in [1.54, 1.807) is 12.4 Å². The van der Waals surface area contributed by atoms with Gasteiger partial charge < -0.3 is 19.7 Å². The molecule has 3 heterocycles. The summed E-state index contributed by atoms with van der Waals surface area (Å²) in [6, 6.07) is 5.51. The number of nitrogens with one attached hydrogen (secondary N) is 1. The highest BCUT2D eigenvalue weighted by atomic mass is 16.5. The molecule has 0 amide bonds. The molecule has 1 aliphatic rings. The lowest BCUT2D eigenvalue weighted by atomic mass is 10.1. The van der Waals surface area contributed by atoms with Crippen molar-refractivity contribution in [2.45, 2.75) is 39.7 Å². The highest BCUT2D eigenvalue weighted by molar-refractivity contribution is 5.70. The Morgan fingerprint density at radius 2 is 2.13 bits per heavy atom. The van der Waals surface area contributed by atoms with Crippen molar-refractivity contribution in [2.75, 3.05) is 11.9 Å². The largest absolute Gasteiger partial charge is 0.492 e. The molecule has 1 aliphatic carbocycles. The highest BCUT2D eigenvalue weighted by Gasteiger charge is 2.30. The van der Waals surface area contributed by atoms with Crippen LogP contribution in [0.2, 0.25) is 0 Å². The molecule has 0 bridgehead atoms. The molecule has 9 nitrogen and oxygen atoms in total. The fourth-order valence-corrected chi connectivity index (χ4v) is 3.76. The Morgan fingerprint density at radius 1 is 1.26 bits per heavy atom. The molecule has 1 saturated carbocycles. The van der Waals surface area contributed by atoms with Crippen LogP contribution in [0, 0.1) is 25.7 Å². The smallest absolute Gasteiger partial charge is 0.306 e. The maximum atomic E-state index is 11.1. The Bertz CT molecular complexity index is 1050. The summed E-state index contributed by atoms with van der Waals surface area (Å²) in [6.07, 6.45) is 5.62. The van der Waals surface area contributed by atoms with Crippen molar-refractivity contribution in [3.63, 3.8) is 0 Å². The lowest BCUT2D eigenvalue weighted by Gasteiger charge is -2.11. The third kappa shape index (κ3) is 4.99. The third-order valence-corrected chi connectivity index (χ3v) is 5.55. The summed E-state index contributed by atoms with van der Waals surface area (Å²) in [7, 11) is 0. The first-order chi connectivity index (χ1) is 15.0.